The lowest BCUT2D eigenvalue weighted by Crippen LogP contribution is -2.31. The SMILES string of the molecule is COc1ccc(Cl)c2sc(N(Cc3ccncc3)C(=O)c3ccn(C(C)C)n3)nc12. The number of carbonyl (C=O) groups is 1. The van der Waals surface area contributed by atoms with Crippen LogP contribution in [0.1, 0.15) is 35.9 Å². The molecule has 0 saturated heterocycles. The van der Waals surface area contributed by atoms with E-state index in [-0.39, 0.29) is 11.9 Å². The van der Waals surface area contributed by atoms with Crippen LogP contribution >= 0.6 is 22.9 Å². The number of thiazole rings is 1. The third kappa shape index (κ3) is 3.88. The van der Waals surface area contributed by atoms with Crippen molar-refractivity contribution >= 4 is 44.2 Å². The highest BCUT2D eigenvalue weighted by Crippen LogP contribution is 2.39. The van der Waals surface area contributed by atoms with E-state index < -0.39 is 0 Å². The molecule has 1 amide bonds. The van der Waals surface area contributed by atoms with Gasteiger partial charge in [0, 0.05) is 24.6 Å². The molecule has 9 heteroatoms. The number of rotatable bonds is 6. The van der Waals surface area contributed by atoms with Crippen LogP contribution < -0.4 is 9.64 Å². The van der Waals surface area contributed by atoms with E-state index in [9.17, 15) is 4.79 Å². The van der Waals surface area contributed by atoms with Crippen LogP contribution in [0.25, 0.3) is 10.2 Å². The van der Waals surface area contributed by atoms with Crippen molar-refractivity contribution in [2.75, 3.05) is 12.0 Å². The van der Waals surface area contributed by atoms with Gasteiger partial charge in [0.2, 0.25) is 0 Å². The lowest BCUT2D eigenvalue weighted by molar-refractivity contribution is 0.0979. The minimum Gasteiger partial charge on any atom is -0.494 e. The molecule has 0 N–H and O–H groups in total. The maximum Gasteiger partial charge on any atom is 0.280 e. The van der Waals surface area contributed by atoms with Crippen LogP contribution in [0.5, 0.6) is 5.75 Å². The average Bonchev–Trinajstić information content (AvgIpc) is 3.41. The molecule has 3 heterocycles. The summed E-state index contributed by atoms with van der Waals surface area (Å²) in [6.07, 6.45) is 5.20. The Morgan fingerprint density at radius 1 is 1.23 bits per heavy atom. The lowest BCUT2D eigenvalue weighted by Gasteiger charge is -2.19. The van der Waals surface area contributed by atoms with Crippen LogP contribution in [-0.4, -0.2) is 32.8 Å². The fourth-order valence-electron chi connectivity index (χ4n) is 3.00. The first-order valence-electron chi connectivity index (χ1n) is 9.37. The molecule has 0 aliphatic carbocycles. The summed E-state index contributed by atoms with van der Waals surface area (Å²) in [5.74, 6) is 0.373. The zero-order valence-corrected chi connectivity index (χ0v) is 18.3. The fraction of sp³-hybridized carbons (Fsp3) is 0.238. The van der Waals surface area contributed by atoms with Gasteiger partial charge >= 0.3 is 0 Å². The summed E-state index contributed by atoms with van der Waals surface area (Å²) in [7, 11) is 1.58. The van der Waals surface area contributed by atoms with E-state index in [4.69, 9.17) is 21.3 Å². The van der Waals surface area contributed by atoms with Crippen LogP contribution in [-0.2, 0) is 6.54 Å². The molecule has 0 spiro atoms. The van der Waals surface area contributed by atoms with Gasteiger partial charge in [0.05, 0.1) is 23.4 Å². The van der Waals surface area contributed by atoms with Gasteiger partial charge in [-0.1, -0.05) is 22.9 Å². The number of benzene rings is 1. The van der Waals surface area contributed by atoms with Gasteiger partial charge in [0.25, 0.3) is 5.91 Å². The molecular formula is C21H20ClN5O2S. The summed E-state index contributed by atoms with van der Waals surface area (Å²) in [6.45, 7) is 4.35. The summed E-state index contributed by atoms with van der Waals surface area (Å²) in [6, 6.07) is 9.16. The Labute approximate surface area is 182 Å². The normalized spacial score (nSPS) is 11.2. The number of nitrogens with zero attached hydrogens (tertiary/aromatic N) is 5. The van der Waals surface area contributed by atoms with E-state index in [1.54, 1.807) is 53.5 Å². The van der Waals surface area contributed by atoms with Gasteiger partial charge in [-0.25, -0.2) is 4.98 Å². The maximum atomic E-state index is 13.4. The predicted molar refractivity (Wildman–Crippen MR) is 119 cm³/mol. The Hall–Kier alpha value is -2.97. The van der Waals surface area contributed by atoms with Crippen LogP contribution in [0.4, 0.5) is 5.13 Å². The topological polar surface area (TPSA) is 73.1 Å². The van der Waals surface area contributed by atoms with Gasteiger partial charge in [-0.15, -0.1) is 0 Å². The Morgan fingerprint density at radius 3 is 2.67 bits per heavy atom. The number of carbonyl (C=O) groups excluding carboxylic acids is 1. The second kappa shape index (κ2) is 8.41. The van der Waals surface area contributed by atoms with E-state index in [0.29, 0.717) is 33.7 Å². The quantitative estimate of drug-likeness (QED) is 0.422. The van der Waals surface area contributed by atoms with E-state index in [0.717, 1.165) is 10.3 Å². The second-order valence-corrected chi connectivity index (χ2v) is 8.33. The van der Waals surface area contributed by atoms with Gasteiger partial charge in [-0.2, -0.15) is 5.10 Å². The van der Waals surface area contributed by atoms with Crippen LogP contribution in [0.2, 0.25) is 5.02 Å². The third-order valence-electron chi connectivity index (χ3n) is 4.59. The molecule has 7 nitrogen and oxygen atoms in total. The number of ether oxygens (including phenoxy) is 1. The number of aromatic nitrogens is 4. The van der Waals surface area contributed by atoms with Crippen molar-refractivity contribution in [2.45, 2.75) is 26.4 Å². The smallest absolute Gasteiger partial charge is 0.280 e. The molecule has 0 saturated carbocycles. The minimum atomic E-state index is -0.236. The van der Waals surface area contributed by atoms with Crippen molar-refractivity contribution in [2.24, 2.45) is 0 Å². The van der Waals surface area contributed by atoms with E-state index in [1.165, 1.54) is 11.3 Å². The monoisotopic (exact) mass is 441 g/mol. The number of halogens is 1. The highest BCUT2D eigenvalue weighted by atomic mass is 35.5. The molecule has 3 aromatic heterocycles. The molecule has 0 radical (unpaired) electrons. The largest absolute Gasteiger partial charge is 0.494 e. The van der Waals surface area contributed by atoms with Gasteiger partial charge in [-0.05, 0) is 49.7 Å². The zero-order chi connectivity index (χ0) is 21.3. The minimum absolute atomic E-state index is 0.158. The standard InChI is InChI=1S/C21H20ClN5O2S/c1-13(2)27-11-8-16(25-27)20(28)26(12-14-6-9-23-10-7-14)21-24-18-17(29-3)5-4-15(22)19(18)30-21/h4-11,13H,12H2,1-3H3. The molecule has 0 bridgehead atoms. The number of pyridine rings is 1. The Bertz CT molecular complexity index is 1190. The fourth-order valence-corrected chi connectivity index (χ4v) is 4.25. The number of hydrogen-bond acceptors (Lipinski definition) is 6. The van der Waals surface area contributed by atoms with Crippen LogP contribution in [0.15, 0.2) is 48.9 Å². The summed E-state index contributed by atoms with van der Waals surface area (Å²) in [5.41, 5.74) is 1.92. The van der Waals surface area contributed by atoms with Crippen molar-refractivity contribution in [1.29, 1.82) is 0 Å². The molecule has 30 heavy (non-hydrogen) atoms. The molecule has 0 aliphatic rings. The number of methoxy groups -OCH3 is 1. The molecule has 0 fully saturated rings. The van der Waals surface area contributed by atoms with E-state index in [2.05, 4.69) is 10.1 Å². The Morgan fingerprint density at radius 2 is 2.00 bits per heavy atom. The summed E-state index contributed by atoms with van der Waals surface area (Å²) in [5, 5.41) is 5.53. The number of anilines is 1. The molecule has 154 valence electrons. The van der Waals surface area contributed by atoms with Crippen molar-refractivity contribution < 1.29 is 9.53 Å². The molecular weight excluding hydrogens is 422 g/mol. The average molecular weight is 442 g/mol. The molecule has 4 aromatic rings. The molecule has 0 aliphatic heterocycles. The molecule has 4 rings (SSSR count). The summed E-state index contributed by atoms with van der Waals surface area (Å²) in [4.78, 5) is 23.8. The van der Waals surface area contributed by atoms with Gasteiger partial charge in [-0.3, -0.25) is 19.4 Å². The third-order valence-corrected chi connectivity index (χ3v) is 6.13. The molecule has 0 unspecified atom stereocenters. The van der Waals surface area contributed by atoms with Crippen LogP contribution in [0.3, 0.4) is 0 Å². The van der Waals surface area contributed by atoms with E-state index in [1.807, 2.05) is 26.0 Å². The van der Waals surface area contributed by atoms with Crippen molar-refractivity contribution in [1.82, 2.24) is 19.7 Å². The van der Waals surface area contributed by atoms with Crippen LogP contribution in [0, 0.1) is 0 Å². The Balaban J connectivity index is 1.79. The van der Waals surface area contributed by atoms with Gasteiger partial charge in [0.1, 0.15) is 11.3 Å². The van der Waals surface area contributed by atoms with E-state index >= 15 is 0 Å². The van der Waals surface area contributed by atoms with Crippen molar-refractivity contribution in [3.63, 3.8) is 0 Å². The molecule has 1 aromatic carbocycles. The number of amides is 1. The van der Waals surface area contributed by atoms with Crippen molar-refractivity contribution in [3.05, 3.63) is 65.2 Å². The zero-order valence-electron chi connectivity index (χ0n) is 16.7. The predicted octanol–water partition coefficient (Wildman–Crippen LogP) is 4.98. The summed E-state index contributed by atoms with van der Waals surface area (Å²) >= 11 is 7.74. The highest BCUT2D eigenvalue weighted by Gasteiger charge is 2.25. The van der Waals surface area contributed by atoms with Gasteiger partial charge < -0.3 is 4.74 Å². The number of hydrogen-bond donors (Lipinski definition) is 0. The first-order valence-corrected chi connectivity index (χ1v) is 10.6. The van der Waals surface area contributed by atoms with Gasteiger partial charge in [0.15, 0.2) is 10.8 Å². The van der Waals surface area contributed by atoms with Crippen molar-refractivity contribution in [3.8, 4) is 5.75 Å². The summed E-state index contributed by atoms with van der Waals surface area (Å²) < 4.78 is 7.96. The first-order chi connectivity index (χ1) is 14.5. The number of fused-ring (bicyclic) bond motifs is 1. The first kappa shape index (κ1) is 20.3. The Kier molecular flexibility index (Phi) is 5.69. The second-order valence-electron chi connectivity index (χ2n) is 6.95. The highest BCUT2D eigenvalue weighted by molar-refractivity contribution is 7.23. The maximum absolute atomic E-state index is 13.4. The molecule has 0 atom stereocenters. The lowest BCUT2D eigenvalue weighted by atomic mass is 10.2.